The largest absolute Gasteiger partial charge is 0.313 e. The first-order chi connectivity index (χ1) is 7.74. The Morgan fingerprint density at radius 2 is 2.25 bits per heavy atom. The molecule has 0 heterocycles. The summed E-state index contributed by atoms with van der Waals surface area (Å²) in [4.78, 5) is 0. The van der Waals surface area contributed by atoms with Gasteiger partial charge in [0.2, 0.25) is 0 Å². The van der Waals surface area contributed by atoms with E-state index in [1.54, 1.807) is 6.07 Å². The van der Waals surface area contributed by atoms with Crippen LogP contribution in [0.1, 0.15) is 18.9 Å². The molecule has 0 bridgehead atoms. The van der Waals surface area contributed by atoms with Crippen molar-refractivity contribution in [3.63, 3.8) is 0 Å². The van der Waals surface area contributed by atoms with E-state index in [1.807, 2.05) is 17.8 Å². The third-order valence-corrected chi connectivity index (χ3v) is 3.65. The second kappa shape index (κ2) is 8.09. The fourth-order valence-electron chi connectivity index (χ4n) is 1.35. The Bertz CT molecular complexity index is 320. The molecular weight excluding hydrogens is 289 g/mol. The summed E-state index contributed by atoms with van der Waals surface area (Å²) in [5.41, 5.74) is 0.720. The highest BCUT2D eigenvalue weighted by molar-refractivity contribution is 9.10. The summed E-state index contributed by atoms with van der Waals surface area (Å²) in [7, 11) is 0. The molecule has 0 spiro atoms. The quantitative estimate of drug-likeness (QED) is 0.769. The van der Waals surface area contributed by atoms with E-state index in [1.165, 1.54) is 17.6 Å². The van der Waals surface area contributed by atoms with Gasteiger partial charge in [-0.05, 0) is 42.7 Å². The third kappa shape index (κ3) is 5.32. The van der Waals surface area contributed by atoms with E-state index in [0.717, 1.165) is 23.0 Å². The van der Waals surface area contributed by atoms with Crippen molar-refractivity contribution in [1.29, 1.82) is 0 Å². The lowest BCUT2D eigenvalue weighted by Gasteiger charge is -2.06. The first-order valence-electron chi connectivity index (χ1n) is 5.46. The van der Waals surface area contributed by atoms with Crippen molar-refractivity contribution in [2.24, 2.45) is 0 Å². The highest BCUT2D eigenvalue weighted by Crippen LogP contribution is 2.15. The van der Waals surface area contributed by atoms with Gasteiger partial charge in [-0.1, -0.05) is 22.9 Å². The molecule has 1 aromatic carbocycles. The lowest BCUT2D eigenvalue weighted by molar-refractivity contribution is 0.586. The minimum absolute atomic E-state index is 0.140. The zero-order valence-electron chi connectivity index (χ0n) is 9.43. The van der Waals surface area contributed by atoms with Crippen LogP contribution in [-0.2, 0) is 6.54 Å². The summed E-state index contributed by atoms with van der Waals surface area (Å²) >= 11 is 5.28. The van der Waals surface area contributed by atoms with E-state index in [4.69, 9.17) is 0 Å². The topological polar surface area (TPSA) is 12.0 Å². The number of thioether (sulfide) groups is 1. The van der Waals surface area contributed by atoms with Crippen LogP contribution in [-0.4, -0.2) is 18.1 Å². The maximum absolute atomic E-state index is 13.3. The Balaban J connectivity index is 2.23. The molecule has 0 aliphatic rings. The molecule has 1 rings (SSSR count). The van der Waals surface area contributed by atoms with E-state index in [9.17, 15) is 4.39 Å². The van der Waals surface area contributed by atoms with Crippen LogP contribution < -0.4 is 5.32 Å². The Morgan fingerprint density at radius 3 is 3.00 bits per heavy atom. The van der Waals surface area contributed by atoms with Gasteiger partial charge in [0.1, 0.15) is 5.82 Å². The van der Waals surface area contributed by atoms with Crippen molar-refractivity contribution in [3.05, 3.63) is 34.1 Å². The van der Waals surface area contributed by atoms with Crippen molar-refractivity contribution in [2.45, 2.75) is 19.9 Å². The lowest BCUT2D eigenvalue weighted by Crippen LogP contribution is -2.16. The lowest BCUT2D eigenvalue weighted by atomic mass is 10.2. The fourth-order valence-corrected chi connectivity index (χ4v) is 2.39. The summed E-state index contributed by atoms with van der Waals surface area (Å²) in [6.45, 7) is 3.70. The van der Waals surface area contributed by atoms with Crippen LogP contribution in [0, 0.1) is 5.82 Å². The van der Waals surface area contributed by atoms with Crippen LogP contribution in [0.3, 0.4) is 0 Å². The average Bonchev–Trinajstić information content (AvgIpc) is 2.28. The van der Waals surface area contributed by atoms with Crippen LogP contribution in [0.5, 0.6) is 0 Å². The Kier molecular flexibility index (Phi) is 7.08. The fraction of sp³-hybridized carbons (Fsp3) is 0.500. The minimum atomic E-state index is -0.140. The van der Waals surface area contributed by atoms with E-state index >= 15 is 0 Å². The monoisotopic (exact) mass is 305 g/mol. The summed E-state index contributed by atoms with van der Waals surface area (Å²) in [6, 6.07) is 5.04. The predicted molar refractivity (Wildman–Crippen MR) is 73.4 cm³/mol. The highest BCUT2D eigenvalue weighted by atomic mass is 79.9. The van der Waals surface area contributed by atoms with Crippen molar-refractivity contribution < 1.29 is 4.39 Å². The van der Waals surface area contributed by atoms with Gasteiger partial charge in [0, 0.05) is 16.6 Å². The third-order valence-electron chi connectivity index (χ3n) is 2.17. The van der Waals surface area contributed by atoms with Gasteiger partial charge in [-0.2, -0.15) is 11.8 Å². The zero-order valence-corrected chi connectivity index (χ0v) is 11.8. The van der Waals surface area contributed by atoms with Gasteiger partial charge >= 0.3 is 0 Å². The molecule has 90 valence electrons. The number of benzene rings is 1. The SMILES string of the molecule is CCSCCCNCc1cc(Br)ccc1F. The minimum Gasteiger partial charge on any atom is -0.313 e. The second-order valence-corrected chi connectivity index (χ2v) is 5.77. The first-order valence-corrected chi connectivity index (χ1v) is 7.41. The maximum atomic E-state index is 13.3. The number of hydrogen-bond acceptors (Lipinski definition) is 2. The van der Waals surface area contributed by atoms with E-state index in [-0.39, 0.29) is 5.82 Å². The van der Waals surface area contributed by atoms with Gasteiger partial charge in [-0.3, -0.25) is 0 Å². The van der Waals surface area contributed by atoms with Crippen LogP contribution in [0.25, 0.3) is 0 Å². The molecule has 0 fully saturated rings. The maximum Gasteiger partial charge on any atom is 0.127 e. The molecule has 0 unspecified atom stereocenters. The number of halogens is 2. The number of rotatable bonds is 7. The van der Waals surface area contributed by atoms with Crippen LogP contribution in [0.2, 0.25) is 0 Å². The van der Waals surface area contributed by atoms with Gasteiger partial charge in [0.05, 0.1) is 0 Å². The van der Waals surface area contributed by atoms with E-state index in [0.29, 0.717) is 6.54 Å². The molecule has 16 heavy (non-hydrogen) atoms. The Morgan fingerprint density at radius 1 is 1.44 bits per heavy atom. The predicted octanol–water partition coefficient (Wildman–Crippen LogP) is 3.82. The molecule has 1 nitrogen and oxygen atoms in total. The van der Waals surface area contributed by atoms with Gasteiger partial charge in [0.25, 0.3) is 0 Å². The molecule has 0 amide bonds. The zero-order chi connectivity index (χ0) is 11.8. The number of nitrogens with one attached hydrogen (secondary N) is 1. The molecular formula is C12H17BrFNS. The highest BCUT2D eigenvalue weighted by Gasteiger charge is 2.01. The molecule has 4 heteroatoms. The molecule has 0 aromatic heterocycles. The number of hydrogen-bond donors (Lipinski definition) is 1. The summed E-state index contributed by atoms with van der Waals surface area (Å²) in [6.07, 6.45) is 1.13. The molecule has 0 aliphatic carbocycles. The Labute approximate surface area is 109 Å². The van der Waals surface area contributed by atoms with Crippen LogP contribution in [0.15, 0.2) is 22.7 Å². The van der Waals surface area contributed by atoms with Gasteiger partial charge in [0.15, 0.2) is 0 Å². The van der Waals surface area contributed by atoms with Gasteiger partial charge < -0.3 is 5.32 Å². The van der Waals surface area contributed by atoms with E-state index < -0.39 is 0 Å². The smallest absolute Gasteiger partial charge is 0.127 e. The van der Waals surface area contributed by atoms with Crippen LogP contribution in [0.4, 0.5) is 4.39 Å². The normalized spacial score (nSPS) is 10.7. The molecule has 0 atom stereocenters. The molecule has 0 saturated heterocycles. The second-order valence-electron chi connectivity index (χ2n) is 3.46. The summed E-state index contributed by atoms with van der Waals surface area (Å²) in [5.74, 6) is 2.20. The first kappa shape index (κ1) is 14.0. The molecule has 0 saturated carbocycles. The van der Waals surface area contributed by atoms with E-state index in [2.05, 4.69) is 28.2 Å². The van der Waals surface area contributed by atoms with Gasteiger partial charge in [-0.25, -0.2) is 4.39 Å². The van der Waals surface area contributed by atoms with Crippen molar-refractivity contribution in [1.82, 2.24) is 5.32 Å². The molecule has 1 aromatic rings. The standard InChI is InChI=1S/C12H17BrFNS/c1-2-16-7-3-6-15-9-10-8-11(13)4-5-12(10)14/h4-5,8,15H,2-3,6-7,9H2,1H3. The summed E-state index contributed by atoms with van der Waals surface area (Å²) < 4.78 is 14.3. The van der Waals surface area contributed by atoms with Crippen LogP contribution >= 0.6 is 27.7 Å². The van der Waals surface area contributed by atoms with Gasteiger partial charge in [-0.15, -0.1) is 0 Å². The van der Waals surface area contributed by atoms with Crippen molar-refractivity contribution >= 4 is 27.7 Å². The van der Waals surface area contributed by atoms with Crippen molar-refractivity contribution in [2.75, 3.05) is 18.1 Å². The molecule has 0 aliphatic heterocycles. The molecule has 0 radical (unpaired) electrons. The Hall–Kier alpha value is -0.0600. The average molecular weight is 306 g/mol. The molecule has 1 N–H and O–H groups in total. The summed E-state index contributed by atoms with van der Waals surface area (Å²) in [5, 5.41) is 3.25. The van der Waals surface area contributed by atoms with Crippen molar-refractivity contribution in [3.8, 4) is 0 Å².